The van der Waals surface area contributed by atoms with Crippen molar-refractivity contribution in [2.75, 3.05) is 6.54 Å². The molecule has 3 rings (SSSR count). The van der Waals surface area contributed by atoms with E-state index in [4.69, 9.17) is 0 Å². The van der Waals surface area contributed by atoms with E-state index in [0.717, 1.165) is 11.3 Å². The molecule has 1 heterocycles. The maximum absolute atomic E-state index is 12.8. The van der Waals surface area contributed by atoms with Gasteiger partial charge >= 0.3 is 0 Å². The van der Waals surface area contributed by atoms with Crippen LogP contribution in [0.15, 0.2) is 54.6 Å². The van der Waals surface area contributed by atoms with E-state index in [9.17, 15) is 14.9 Å². The molecule has 0 saturated heterocycles. The fourth-order valence-corrected chi connectivity index (χ4v) is 2.78. The van der Waals surface area contributed by atoms with Crippen molar-refractivity contribution in [3.05, 3.63) is 76.0 Å². The second-order valence-electron chi connectivity index (χ2n) is 7.07. The van der Waals surface area contributed by atoms with Crippen molar-refractivity contribution in [3.8, 4) is 16.9 Å². The molecule has 7 nitrogen and oxygen atoms in total. The minimum Gasteiger partial charge on any atom is -0.350 e. The van der Waals surface area contributed by atoms with Crippen LogP contribution in [0.5, 0.6) is 0 Å². The van der Waals surface area contributed by atoms with Gasteiger partial charge in [0, 0.05) is 24.2 Å². The molecular weight excluding hydrogens is 356 g/mol. The Morgan fingerprint density at radius 3 is 2.50 bits per heavy atom. The number of aromatic nitrogens is 2. The molecule has 2 aromatic carbocycles. The van der Waals surface area contributed by atoms with Gasteiger partial charge in [-0.2, -0.15) is 5.10 Å². The number of nitro groups is 1. The van der Waals surface area contributed by atoms with E-state index in [1.807, 2.05) is 45.0 Å². The first-order valence-electron chi connectivity index (χ1n) is 9.05. The second-order valence-corrected chi connectivity index (χ2v) is 7.07. The average molecular weight is 378 g/mol. The molecule has 0 bridgehead atoms. The molecule has 0 aliphatic rings. The lowest BCUT2D eigenvalue weighted by Gasteiger charge is -2.10. The van der Waals surface area contributed by atoms with E-state index in [-0.39, 0.29) is 11.6 Å². The fraction of sp³-hybridized carbons (Fsp3) is 0.238. The highest BCUT2D eigenvalue weighted by Gasteiger charge is 2.18. The SMILES string of the molecule is Cc1cccc(-n2nc(-c3ccc([N+](=O)[O-])cc3)cc2C(=O)NCC(C)C)c1. The number of nitrogens with one attached hydrogen (secondary N) is 1. The van der Waals surface area contributed by atoms with E-state index >= 15 is 0 Å². The van der Waals surface area contributed by atoms with Crippen LogP contribution in [0.3, 0.4) is 0 Å². The number of carbonyl (C=O) groups is 1. The van der Waals surface area contributed by atoms with Crippen LogP contribution < -0.4 is 5.32 Å². The molecule has 0 radical (unpaired) electrons. The van der Waals surface area contributed by atoms with Crippen LogP contribution in [0, 0.1) is 23.0 Å². The van der Waals surface area contributed by atoms with Crippen molar-refractivity contribution in [3.63, 3.8) is 0 Å². The van der Waals surface area contributed by atoms with Gasteiger partial charge in [0.2, 0.25) is 0 Å². The third kappa shape index (κ3) is 4.25. The summed E-state index contributed by atoms with van der Waals surface area (Å²) in [6.07, 6.45) is 0. The maximum atomic E-state index is 12.8. The van der Waals surface area contributed by atoms with E-state index in [0.29, 0.717) is 29.4 Å². The fourth-order valence-electron chi connectivity index (χ4n) is 2.78. The number of nitrogens with zero attached hydrogens (tertiary/aromatic N) is 3. The van der Waals surface area contributed by atoms with Crippen LogP contribution in [0.1, 0.15) is 29.9 Å². The van der Waals surface area contributed by atoms with Crippen molar-refractivity contribution in [1.82, 2.24) is 15.1 Å². The van der Waals surface area contributed by atoms with Gasteiger partial charge in [-0.25, -0.2) is 4.68 Å². The number of non-ortho nitro benzene ring substituents is 1. The van der Waals surface area contributed by atoms with Crippen LogP contribution in [-0.4, -0.2) is 27.2 Å². The summed E-state index contributed by atoms with van der Waals surface area (Å²) >= 11 is 0. The topological polar surface area (TPSA) is 90.1 Å². The third-order valence-corrected chi connectivity index (χ3v) is 4.23. The maximum Gasteiger partial charge on any atom is 0.270 e. The van der Waals surface area contributed by atoms with Crippen LogP contribution in [0.2, 0.25) is 0 Å². The highest BCUT2D eigenvalue weighted by Crippen LogP contribution is 2.24. The number of rotatable bonds is 6. The zero-order chi connectivity index (χ0) is 20.3. The first-order chi connectivity index (χ1) is 13.3. The minimum atomic E-state index is -0.445. The molecule has 0 aliphatic carbocycles. The summed E-state index contributed by atoms with van der Waals surface area (Å²) < 4.78 is 1.61. The molecule has 0 fully saturated rings. The summed E-state index contributed by atoms with van der Waals surface area (Å²) in [5.41, 5.74) is 3.54. The van der Waals surface area contributed by atoms with Gasteiger partial charge in [-0.05, 0) is 48.7 Å². The standard InChI is InChI=1S/C21H22N4O3/c1-14(2)13-22-21(26)20-12-19(16-7-9-17(10-8-16)25(27)28)23-24(20)18-6-4-5-15(3)11-18/h4-12,14H,13H2,1-3H3,(H,22,26). The van der Waals surface area contributed by atoms with Gasteiger partial charge < -0.3 is 5.32 Å². The number of amides is 1. The summed E-state index contributed by atoms with van der Waals surface area (Å²) in [4.78, 5) is 23.2. The van der Waals surface area contributed by atoms with Crippen molar-refractivity contribution in [2.45, 2.75) is 20.8 Å². The Kier molecular flexibility index (Phi) is 5.54. The zero-order valence-corrected chi connectivity index (χ0v) is 16.0. The summed E-state index contributed by atoms with van der Waals surface area (Å²) in [5.74, 6) is 0.115. The minimum absolute atomic E-state index is 0.0109. The predicted octanol–water partition coefficient (Wildman–Crippen LogP) is 4.14. The van der Waals surface area contributed by atoms with E-state index in [1.165, 1.54) is 12.1 Å². The van der Waals surface area contributed by atoms with E-state index in [1.54, 1.807) is 22.9 Å². The number of aryl methyl sites for hydroxylation is 1. The number of hydrogen-bond acceptors (Lipinski definition) is 4. The summed E-state index contributed by atoms with van der Waals surface area (Å²) in [7, 11) is 0. The lowest BCUT2D eigenvalue weighted by atomic mass is 10.1. The van der Waals surface area contributed by atoms with Crippen LogP contribution in [0.4, 0.5) is 5.69 Å². The molecule has 1 amide bonds. The molecule has 144 valence electrons. The highest BCUT2D eigenvalue weighted by molar-refractivity contribution is 5.94. The second kappa shape index (κ2) is 8.04. The van der Waals surface area contributed by atoms with Gasteiger partial charge in [0.05, 0.1) is 16.3 Å². The van der Waals surface area contributed by atoms with Gasteiger partial charge in [0.15, 0.2) is 0 Å². The molecule has 1 aromatic heterocycles. The van der Waals surface area contributed by atoms with Crippen LogP contribution >= 0.6 is 0 Å². The molecule has 0 saturated carbocycles. The van der Waals surface area contributed by atoms with E-state index in [2.05, 4.69) is 10.4 Å². The molecule has 0 unspecified atom stereocenters. The Labute approximate surface area is 163 Å². The molecule has 7 heteroatoms. The molecule has 0 atom stereocenters. The smallest absolute Gasteiger partial charge is 0.270 e. The summed E-state index contributed by atoms with van der Waals surface area (Å²) in [6, 6.07) is 15.6. The highest BCUT2D eigenvalue weighted by atomic mass is 16.6. The van der Waals surface area contributed by atoms with Gasteiger partial charge in [-0.3, -0.25) is 14.9 Å². The summed E-state index contributed by atoms with van der Waals surface area (Å²) in [5, 5.41) is 18.4. The molecule has 3 aromatic rings. The molecule has 28 heavy (non-hydrogen) atoms. The van der Waals surface area contributed by atoms with Crippen molar-refractivity contribution in [2.24, 2.45) is 5.92 Å². The van der Waals surface area contributed by atoms with Gasteiger partial charge in [-0.1, -0.05) is 26.0 Å². The van der Waals surface area contributed by atoms with Crippen molar-refractivity contribution >= 4 is 11.6 Å². The van der Waals surface area contributed by atoms with Gasteiger partial charge in [0.1, 0.15) is 5.69 Å². The largest absolute Gasteiger partial charge is 0.350 e. The molecule has 1 N–H and O–H groups in total. The van der Waals surface area contributed by atoms with Crippen molar-refractivity contribution < 1.29 is 9.72 Å². The average Bonchev–Trinajstić information content (AvgIpc) is 3.11. The monoisotopic (exact) mass is 378 g/mol. The Balaban J connectivity index is 2.04. The molecule has 0 aliphatic heterocycles. The lowest BCUT2D eigenvalue weighted by Crippen LogP contribution is -2.29. The van der Waals surface area contributed by atoms with Crippen molar-refractivity contribution in [1.29, 1.82) is 0 Å². The zero-order valence-electron chi connectivity index (χ0n) is 16.0. The number of hydrogen-bond donors (Lipinski definition) is 1. The lowest BCUT2D eigenvalue weighted by molar-refractivity contribution is -0.384. The molecular formula is C21H22N4O3. The number of carbonyl (C=O) groups excluding carboxylic acids is 1. The summed E-state index contributed by atoms with van der Waals surface area (Å²) in [6.45, 7) is 6.59. The Bertz CT molecular complexity index is 1010. The van der Waals surface area contributed by atoms with Gasteiger partial charge in [0.25, 0.3) is 11.6 Å². The Morgan fingerprint density at radius 1 is 1.18 bits per heavy atom. The Hall–Kier alpha value is -3.48. The van der Waals surface area contributed by atoms with Crippen LogP contribution in [-0.2, 0) is 0 Å². The third-order valence-electron chi connectivity index (χ3n) is 4.23. The van der Waals surface area contributed by atoms with Crippen LogP contribution in [0.25, 0.3) is 16.9 Å². The normalized spacial score (nSPS) is 10.9. The first-order valence-corrected chi connectivity index (χ1v) is 9.05. The van der Waals surface area contributed by atoms with Gasteiger partial charge in [-0.15, -0.1) is 0 Å². The molecule has 0 spiro atoms. The first kappa shape index (κ1) is 19.3. The Morgan fingerprint density at radius 2 is 1.89 bits per heavy atom. The number of benzene rings is 2. The van der Waals surface area contributed by atoms with E-state index < -0.39 is 4.92 Å². The quantitative estimate of drug-likeness (QED) is 0.515. The predicted molar refractivity (Wildman–Crippen MR) is 108 cm³/mol. The number of nitro benzene ring substituents is 1.